The van der Waals surface area contributed by atoms with Crippen LogP contribution in [0.2, 0.25) is 0 Å². The summed E-state index contributed by atoms with van der Waals surface area (Å²) in [6.45, 7) is 9.09. The van der Waals surface area contributed by atoms with Crippen LogP contribution in [0.4, 0.5) is 13.2 Å². The number of ether oxygens (including phenoxy) is 1. The van der Waals surface area contributed by atoms with E-state index in [1.165, 1.54) is 7.11 Å². The van der Waals surface area contributed by atoms with E-state index in [4.69, 9.17) is 4.74 Å². The standard InChI is InChI=1S/C24H34F3NO4S/c1-22(2,3)33(31)15-19(17-9-11-18(12-10-17)20(29)32-6)8-7-16-13-23(4,5)28(14-16)21(30)24(25,26)27/h9-12,16,19H,7-8,13-15H2,1-6H3/t16-,19?,33?/m0/s1. The quantitative estimate of drug-likeness (QED) is 0.502. The maximum atomic E-state index is 13.0. The lowest BCUT2D eigenvalue weighted by Gasteiger charge is -2.31. The zero-order valence-electron chi connectivity index (χ0n) is 20.1. The molecule has 1 fully saturated rings. The third-order valence-corrected chi connectivity index (χ3v) is 8.28. The van der Waals surface area contributed by atoms with Gasteiger partial charge in [-0.25, -0.2) is 4.79 Å². The molecular weight excluding hydrogens is 455 g/mol. The molecule has 1 aliphatic heterocycles. The summed E-state index contributed by atoms with van der Waals surface area (Å²) < 4.78 is 56.3. The Labute approximate surface area is 196 Å². The molecule has 0 aromatic heterocycles. The molecule has 5 nitrogen and oxygen atoms in total. The number of likely N-dealkylation sites (tertiary alicyclic amines) is 1. The normalized spacial score (nSPS) is 20.4. The molecule has 0 spiro atoms. The number of benzene rings is 1. The Kier molecular flexibility index (Phi) is 8.41. The first kappa shape index (κ1) is 27.3. The minimum atomic E-state index is -4.89. The van der Waals surface area contributed by atoms with Crippen LogP contribution in [-0.2, 0) is 20.3 Å². The summed E-state index contributed by atoms with van der Waals surface area (Å²) in [4.78, 5) is 24.6. The minimum Gasteiger partial charge on any atom is -0.465 e. The lowest BCUT2D eigenvalue weighted by Crippen LogP contribution is -2.48. The number of hydrogen-bond acceptors (Lipinski definition) is 4. The number of methoxy groups -OCH3 is 1. The Morgan fingerprint density at radius 2 is 1.76 bits per heavy atom. The van der Waals surface area contributed by atoms with Gasteiger partial charge in [-0.2, -0.15) is 13.2 Å². The van der Waals surface area contributed by atoms with Crippen LogP contribution >= 0.6 is 0 Å². The minimum absolute atomic E-state index is 0.0572. The van der Waals surface area contributed by atoms with E-state index in [1.807, 2.05) is 32.9 Å². The van der Waals surface area contributed by atoms with Gasteiger partial charge in [-0.15, -0.1) is 0 Å². The van der Waals surface area contributed by atoms with Crippen LogP contribution in [0.15, 0.2) is 24.3 Å². The number of nitrogens with zero attached hydrogens (tertiary/aromatic N) is 1. The molecular formula is C24H34F3NO4S. The summed E-state index contributed by atoms with van der Waals surface area (Å²) >= 11 is 0. The Hall–Kier alpha value is -1.90. The number of rotatable bonds is 7. The highest BCUT2D eigenvalue weighted by atomic mass is 32.2. The van der Waals surface area contributed by atoms with Crippen LogP contribution in [0.3, 0.4) is 0 Å². The number of carbonyl (C=O) groups excluding carboxylic acids is 2. The van der Waals surface area contributed by atoms with E-state index >= 15 is 0 Å². The van der Waals surface area contributed by atoms with E-state index in [0.717, 1.165) is 10.5 Å². The van der Waals surface area contributed by atoms with E-state index < -0.39 is 39.1 Å². The van der Waals surface area contributed by atoms with Gasteiger partial charge in [0.1, 0.15) is 0 Å². The molecule has 9 heteroatoms. The van der Waals surface area contributed by atoms with Gasteiger partial charge < -0.3 is 9.64 Å². The van der Waals surface area contributed by atoms with Crippen molar-refractivity contribution in [1.29, 1.82) is 0 Å². The number of halogens is 3. The summed E-state index contributed by atoms with van der Waals surface area (Å²) in [7, 11) is 0.174. The molecule has 186 valence electrons. The first-order valence-corrected chi connectivity index (χ1v) is 12.3. The summed E-state index contributed by atoms with van der Waals surface area (Å²) in [5.74, 6) is -2.00. The van der Waals surface area contributed by atoms with Crippen LogP contribution < -0.4 is 0 Å². The molecule has 33 heavy (non-hydrogen) atoms. The lowest BCUT2D eigenvalue weighted by atomic mass is 9.88. The van der Waals surface area contributed by atoms with Crippen LogP contribution in [-0.4, -0.2) is 56.9 Å². The molecule has 1 saturated heterocycles. The molecule has 3 atom stereocenters. The maximum absolute atomic E-state index is 13.0. The van der Waals surface area contributed by atoms with Gasteiger partial charge in [-0.3, -0.25) is 9.00 Å². The van der Waals surface area contributed by atoms with Crippen molar-refractivity contribution in [3.8, 4) is 0 Å². The molecule has 0 aliphatic carbocycles. The maximum Gasteiger partial charge on any atom is 0.471 e. The Morgan fingerprint density at radius 1 is 1.18 bits per heavy atom. The van der Waals surface area contributed by atoms with Gasteiger partial charge in [0.15, 0.2) is 0 Å². The summed E-state index contributed by atoms with van der Waals surface area (Å²) in [6, 6.07) is 6.96. The second-order valence-corrected chi connectivity index (χ2v) is 12.6. The first-order valence-electron chi connectivity index (χ1n) is 11.0. The molecule has 1 amide bonds. The van der Waals surface area contributed by atoms with Crippen molar-refractivity contribution in [3.63, 3.8) is 0 Å². The van der Waals surface area contributed by atoms with Crippen molar-refractivity contribution in [2.24, 2.45) is 5.92 Å². The zero-order valence-corrected chi connectivity index (χ0v) is 20.9. The second kappa shape index (κ2) is 10.2. The van der Waals surface area contributed by atoms with Crippen LogP contribution in [0.1, 0.15) is 75.7 Å². The number of hydrogen-bond donors (Lipinski definition) is 0. The Morgan fingerprint density at radius 3 is 2.24 bits per heavy atom. The second-order valence-electron chi connectivity index (χ2n) is 10.3. The summed E-state index contributed by atoms with van der Waals surface area (Å²) in [6.07, 6.45) is -3.19. The summed E-state index contributed by atoms with van der Waals surface area (Å²) in [5, 5.41) is 0. The van der Waals surface area contributed by atoms with Gasteiger partial charge in [0, 0.05) is 33.4 Å². The highest BCUT2D eigenvalue weighted by Gasteiger charge is 2.50. The monoisotopic (exact) mass is 489 g/mol. The molecule has 1 aliphatic rings. The number of carbonyl (C=O) groups is 2. The van der Waals surface area contributed by atoms with Gasteiger partial charge >= 0.3 is 18.1 Å². The molecule has 0 N–H and O–H groups in total. The predicted molar refractivity (Wildman–Crippen MR) is 122 cm³/mol. The zero-order chi connectivity index (χ0) is 25.2. The molecule has 0 bridgehead atoms. The predicted octanol–water partition coefficient (Wildman–Crippen LogP) is 5.07. The molecule has 1 heterocycles. The van der Waals surface area contributed by atoms with E-state index in [9.17, 15) is 27.0 Å². The summed E-state index contributed by atoms with van der Waals surface area (Å²) in [5.41, 5.74) is 0.458. The number of amides is 1. The van der Waals surface area contributed by atoms with E-state index in [-0.39, 0.29) is 18.4 Å². The highest BCUT2D eigenvalue weighted by Crippen LogP contribution is 2.39. The topological polar surface area (TPSA) is 63.7 Å². The molecule has 1 aromatic rings. The Balaban J connectivity index is 2.18. The number of alkyl halides is 3. The van der Waals surface area contributed by atoms with E-state index in [0.29, 0.717) is 30.6 Å². The fraction of sp³-hybridized carbons (Fsp3) is 0.667. The molecule has 0 saturated carbocycles. The van der Waals surface area contributed by atoms with Crippen molar-refractivity contribution in [3.05, 3.63) is 35.4 Å². The average Bonchev–Trinajstić information content (AvgIpc) is 3.02. The van der Waals surface area contributed by atoms with Crippen LogP contribution in [0.25, 0.3) is 0 Å². The van der Waals surface area contributed by atoms with Crippen molar-refractivity contribution >= 4 is 22.7 Å². The first-order chi connectivity index (χ1) is 15.1. The van der Waals surface area contributed by atoms with Crippen LogP contribution in [0, 0.1) is 5.92 Å². The van der Waals surface area contributed by atoms with Gasteiger partial charge in [-0.1, -0.05) is 12.1 Å². The third kappa shape index (κ3) is 7.04. The third-order valence-electron chi connectivity index (χ3n) is 6.21. The largest absolute Gasteiger partial charge is 0.471 e. The molecule has 2 rings (SSSR count). The van der Waals surface area contributed by atoms with Crippen molar-refractivity contribution in [2.75, 3.05) is 19.4 Å². The van der Waals surface area contributed by atoms with Crippen molar-refractivity contribution in [2.45, 2.75) is 76.3 Å². The lowest BCUT2D eigenvalue weighted by molar-refractivity contribution is -0.188. The van der Waals surface area contributed by atoms with Crippen molar-refractivity contribution in [1.82, 2.24) is 4.90 Å². The number of esters is 1. The highest BCUT2D eigenvalue weighted by molar-refractivity contribution is 7.86. The SMILES string of the molecule is COC(=O)c1ccc(C(CC[C@@H]2CN(C(=O)C(F)(F)F)C(C)(C)C2)CS(=O)C(C)(C)C)cc1. The Bertz CT molecular complexity index is 875. The fourth-order valence-electron chi connectivity index (χ4n) is 4.32. The van der Waals surface area contributed by atoms with Crippen LogP contribution in [0.5, 0.6) is 0 Å². The average molecular weight is 490 g/mol. The van der Waals surface area contributed by atoms with Gasteiger partial charge in [0.2, 0.25) is 0 Å². The smallest absolute Gasteiger partial charge is 0.465 e. The molecule has 2 unspecified atom stereocenters. The van der Waals surface area contributed by atoms with Gasteiger partial charge in [0.05, 0.1) is 12.7 Å². The fourth-order valence-corrected chi connectivity index (χ4v) is 5.54. The van der Waals surface area contributed by atoms with E-state index in [2.05, 4.69) is 0 Å². The van der Waals surface area contributed by atoms with Crippen molar-refractivity contribution < 1.29 is 31.7 Å². The molecule has 0 radical (unpaired) electrons. The van der Waals surface area contributed by atoms with Gasteiger partial charge in [0.25, 0.3) is 0 Å². The van der Waals surface area contributed by atoms with Gasteiger partial charge in [-0.05, 0) is 83.4 Å². The molecule has 1 aromatic carbocycles. The van der Waals surface area contributed by atoms with E-state index in [1.54, 1.807) is 26.0 Å².